The summed E-state index contributed by atoms with van der Waals surface area (Å²) in [4.78, 5) is 25.2. The third-order valence-corrected chi connectivity index (χ3v) is 4.65. The van der Waals surface area contributed by atoms with Gasteiger partial charge in [0.2, 0.25) is 0 Å². The number of carbonyl (C=O) groups excluding carboxylic acids is 1. The van der Waals surface area contributed by atoms with Crippen LogP contribution in [0.2, 0.25) is 0 Å². The Hall–Kier alpha value is -1.86. The number of amides is 1. The Morgan fingerprint density at radius 2 is 2.04 bits per heavy atom. The van der Waals surface area contributed by atoms with E-state index in [1.807, 2.05) is 45.0 Å². The summed E-state index contributed by atoms with van der Waals surface area (Å²) in [5, 5.41) is 8.72. The van der Waals surface area contributed by atoms with Crippen LogP contribution >= 0.6 is 24.0 Å². The third kappa shape index (κ3) is 5.57. The first-order chi connectivity index (χ1) is 11.7. The van der Waals surface area contributed by atoms with Crippen LogP contribution in [0.4, 0.5) is 0 Å². The number of aliphatic carboxylic acids is 1. The van der Waals surface area contributed by atoms with Crippen LogP contribution in [0.3, 0.4) is 0 Å². The molecule has 0 spiro atoms. The molecule has 1 aliphatic rings. The van der Waals surface area contributed by atoms with Gasteiger partial charge >= 0.3 is 5.97 Å². The number of carboxylic acids is 1. The number of benzene rings is 1. The minimum Gasteiger partial charge on any atom is -0.488 e. The lowest BCUT2D eigenvalue weighted by molar-refractivity contribution is -0.137. The van der Waals surface area contributed by atoms with E-state index < -0.39 is 5.97 Å². The predicted molar refractivity (Wildman–Crippen MR) is 104 cm³/mol. The molecule has 7 heteroatoms. The van der Waals surface area contributed by atoms with Gasteiger partial charge in [-0.3, -0.25) is 14.5 Å². The highest BCUT2D eigenvalue weighted by Gasteiger charge is 2.32. The first kappa shape index (κ1) is 19.5. The Balaban J connectivity index is 2.18. The first-order valence-electron chi connectivity index (χ1n) is 7.92. The monoisotopic (exact) mass is 379 g/mol. The molecule has 1 aromatic rings. The maximum Gasteiger partial charge on any atom is 0.303 e. The average Bonchev–Trinajstić information content (AvgIpc) is 2.75. The molecule has 25 heavy (non-hydrogen) atoms. The number of carbonyl (C=O) groups is 2. The predicted octanol–water partition coefficient (Wildman–Crippen LogP) is 3.93. The van der Waals surface area contributed by atoms with Gasteiger partial charge in [0.1, 0.15) is 15.7 Å². The van der Waals surface area contributed by atoms with Gasteiger partial charge in [-0.05, 0) is 39.3 Å². The normalized spacial score (nSPS) is 16.6. The zero-order valence-electron chi connectivity index (χ0n) is 14.4. The molecule has 1 aliphatic heterocycles. The molecule has 5 nitrogen and oxygen atoms in total. The number of carboxylic acid groups (broad SMARTS) is 1. The van der Waals surface area contributed by atoms with E-state index in [-0.39, 0.29) is 17.9 Å². The Labute approximate surface area is 157 Å². The van der Waals surface area contributed by atoms with Crippen molar-refractivity contribution >= 4 is 46.3 Å². The third-order valence-electron chi connectivity index (χ3n) is 3.27. The summed E-state index contributed by atoms with van der Waals surface area (Å²) < 4.78 is 6.40. The minimum absolute atomic E-state index is 0.0123. The first-order valence-corrected chi connectivity index (χ1v) is 9.15. The Morgan fingerprint density at radius 3 is 2.68 bits per heavy atom. The summed E-state index contributed by atoms with van der Waals surface area (Å²) in [6.45, 7) is 6.21. The molecular weight excluding hydrogens is 358 g/mol. The molecule has 1 saturated heterocycles. The topological polar surface area (TPSA) is 66.8 Å². The van der Waals surface area contributed by atoms with Crippen molar-refractivity contribution in [3.63, 3.8) is 0 Å². The zero-order chi connectivity index (χ0) is 18.6. The fourth-order valence-electron chi connectivity index (χ4n) is 2.24. The Kier molecular flexibility index (Phi) is 6.24. The van der Waals surface area contributed by atoms with Gasteiger partial charge in [-0.1, -0.05) is 42.2 Å². The zero-order valence-corrected chi connectivity index (χ0v) is 16.1. The molecule has 1 fully saturated rings. The molecule has 2 rings (SSSR count). The number of hydrogen-bond acceptors (Lipinski definition) is 5. The van der Waals surface area contributed by atoms with Crippen molar-refractivity contribution in [3.8, 4) is 5.75 Å². The van der Waals surface area contributed by atoms with Gasteiger partial charge < -0.3 is 9.84 Å². The molecule has 1 aromatic carbocycles. The van der Waals surface area contributed by atoms with E-state index in [0.29, 0.717) is 27.9 Å². The van der Waals surface area contributed by atoms with E-state index in [2.05, 4.69) is 0 Å². The van der Waals surface area contributed by atoms with Gasteiger partial charge in [-0.15, -0.1) is 0 Å². The number of para-hydroxylation sites is 1. The standard InChI is InChI=1S/C18H21NO4S2/c1-18(2,3)23-13-8-5-4-7-12(13)11-14-16(22)19(17(24)25-14)10-6-9-15(20)21/h4-5,7-8,11H,6,9-10H2,1-3H3,(H,20,21). The lowest BCUT2D eigenvalue weighted by Crippen LogP contribution is -2.29. The minimum atomic E-state index is -0.880. The van der Waals surface area contributed by atoms with Gasteiger partial charge in [-0.25, -0.2) is 0 Å². The average molecular weight is 380 g/mol. The van der Waals surface area contributed by atoms with Crippen LogP contribution in [0.25, 0.3) is 6.08 Å². The second-order valence-corrected chi connectivity index (χ2v) is 8.26. The van der Waals surface area contributed by atoms with Crippen LogP contribution in [0, 0.1) is 0 Å². The summed E-state index contributed by atoms with van der Waals surface area (Å²) in [7, 11) is 0. The number of nitrogens with zero attached hydrogens (tertiary/aromatic N) is 1. The van der Waals surface area contributed by atoms with E-state index in [1.54, 1.807) is 6.08 Å². The summed E-state index contributed by atoms with van der Waals surface area (Å²) in [5.74, 6) is -0.369. The number of hydrogen-bond donors (Lipinski definition) is 1. The van der Waals surface area contributed by atoms with Crippen molar-refractivity contribution in [1.29, 1.82) is 0 Å². The maximum atomic E-state index is 12.6. The maximum absolute atomic E-state index is 12.6. The van der Waals surface area contributed by atoms with Crippen molar-refractivity contribution in [2.75, 3.05) is 6.54 Å². The SMILES string of the molecule is CC(C)(C)Oc1ccccc1C=C1SC(=S)N(CCCC(=O)O)C1=O. The molecule has 0 radical (unpaired) electrons. The van der Waals surface area contributed by atoms with Gasteiger partial charge in [0, 0.05) is 18.5 Å². The molecule has 0 saturated carbocycles. The fourth-order valence-corrected chi connectivity index (χ4v) is 3.54. The smallest absolute Gasteiger partial charge is 0.303 e. The van der Waals surface area contributed by atoms with Crippen LogP contribution in [0.5, 0.6) is 5.75 Å². The van der Waals surface area contributed by atoms with Crippen molar-refractivity contribution in [2.45, 2.75) is 39.2 Å². The number of ether oxygens (including phenoxy) is 1. The summed E-state index contributed by atoms with van der Waals surface area (Å²) in [5.41, 5.74) is 0.461. The number of rotatable bonds is 6. The van der Waals surface area contributed by atoms with Gasteiger partial charge in [-0.2, -0.15) is 0 Å². The summed E-state index contributed by atoms with van der Waals surface area (Å²) in [6.07, 6.45) is 2.16. The van der Waals surface area contributed by atoms with Crippen molar-refractivity contribution < 1.29 is 19.4 Å². The molecule has 0 unspecified atom stereocenters. The molecule has 1 amide bonds. The number of thioether (sulfide) groups is 1. The van der Waals surface area contributed by atoms with E-state index in [9.17, 15) is 9.59 Å². The second-order valence-electron chi connectivity index (χ2n) is 6.58. The highest BCUT2D eigenvalue weighted by molar-refractivity contribution is 8.26. The van der Waals surface area contributed by atoms with E-state index in [0.717, 1.165) is 5.56 Å². The molecule has 0 aliphatic carbocycles. The number of thiocarbonyl (C=S) groups is 1. The summed E-state index contributed by atoms with van der Waals surface area (Å²) >= 11 is 6.49. The lowest BCUT2D eigenvalue weighted by atomic mass is 10.1. The molecule has 0 aromatic heterocycles. The van der Waals surface area contributed by atoms with Crippen molar-refractivity contribution in [3.05, 3.63) is 34.7 Å². The Bertz CT molecular complexity index is 722. The largest absolute Gasteiger partial charge is 0.488 e. The molecule has 0 bridgehead atoms. The van der Waals surface area contributed by atoms with Crippen LogP contribution < -0.4 is 4.74 Å². The van der Waals surface area contributed by atoms with Crippen molar-refractivity contribution in [2.24, 2.45) is 0 Å². The second kappa shape index (κ2) is 8.01. The molecule has 1 heterocycles. The molecule has 1 N–H and O–H groups in total. The Morgan fingerprint density at radius 1 is 1.36 bits per heavy atom. The quantitative estimate of drug-likeness (QED) is 0.597. The lowest BCUT2D eigenvalue weighted by Gasteiger charge is -2.22. The summed E-state index contributed by atoms with van der Waals surface area (Å²) in [6, 6.07) is 7.52. The molecular formula is C18H21NO4S2. The van der Waals surface area contributed by atoms with Gasteiger partial charge in [0.25, 0.3) is 5.91 Å². The van der Waals surface area contributed by atoms with E-state index in [4.69, 9.17) is 22.1 Å². The van der Waals surface area contributed by atoms with Gasteiger partial charge in [0.15, 0.2) is 0 Å². The highest BCUT2D eigenvalue weighted by Crippen LogP contribution is 2.35. The highest BCUT2D eigenvalue weighted by atomic mass is 32.2. The van der Waals surface area contributed by atoms with Crippen LogP contribution in [0.1, 0.15) is 39.2 Å². The van der Waals surface area contributed by atoms with E-state index in [1.165, 1.54) is 16.7 Å². The van der Waals surface area contributed by atoms with Crippen LogP contribution in [-0.4, -0.2) is 38.3 Å². The van der Waals surface area contributed by atoms with E-state index >= 15 is 0 Å². The van der Waals surface area contributed by atoms with Crippen LogP contribution in [-0.2, 0) is 9.59 Å². The van der Waals surface area contributed by atoms with Crippen molar-refractivity contribution in [1.82, 2.24) is 4.90 Å². The van der Waals surface area contributed by atoms with Crippen LogP contribution in [0.15, 0.2) is 29.2 Å². The molecule has 0 atom stereocenters. The molecule has 134 valence electrons. The van der Waals surface area contributed by atoms with Gasteiger partial charge in [0.05, 0.1) is 4.91 Å². The fraction of sp³-hybridized carbons (Fsp3) is 0.389.